The number of nitrogens with zero attached hydrogens (tertiary/aromatic N) is 3. The molecule has 6 rings (SSSR count). The number of fused-ring (bicyclic) bond motifs is 3. The Balaban J connectivity index is 1.59. The maximum absolute atomic E-state index is 6.03. The van der Waals surface area contributed by atoms with Crippen molar-refractivity contribution in [3.8, 4) is 34.2 Å². The van der Waals surface area contributed by atoms with E-state index in [4.69, 9.17) is 19.4 Å². The van der Waals surface area contributed by atoms with Crippen LogP contribution in [0.2, 0.25) is 0 Å². The molecule has 0 fully saturated rings. The molecule has 2 aromatic heterocycles. The van der Waals surface area contributed by atoms with Crippen molar-refractivity contribution in [3.63, 3.8) is 0 Å². The zero-order chi connectivity index (χ0) is 21.5. The standard InChI is InChI=1S/C27H16BrN3O/c28-21-12-7-13-23-24(21)20-16-19(14-15-22(20)32-23)27-30-25(17-8-3-1-4-9-17)29-26(31-27)18-10-5-2-6-11-18/h1-16H. The van der Waals surface area contributed by atoms with Crippen molar-refractivity contribution in [2.45, 2.75) is 0 Å². The number of benzene rings is 4. The van der Waals surface area contributed by atoms with Gasteiger partial charge in [-0.1, -0.05) is 82.7 Å². The molecule has 4 nitrogen and oxygen atoms in total. The molecule has 2 heterocycles. The van der Waals surface area contributed by atoms with Crippen LogP contribution in [-0.4, -0.2) is 15.0 Å². The normalized spacial score (nSPS) is 11.3. The monoisotopic (exact) mass is 477 g/mol. The van der Waals surface area contributed by atoms with Crippen LogP contribution in [-0.2, 0) is 0 Å². The zero-order valence-electron chi connectivity index (χ0n) is 16.9. The van der Waals surface area contributed by atoms with E-state index < -0.39 is 0 Å². The lowest BCUT2D eigenvalue weighted by Crippen LogP contribution is -2.00. The molecule has 152 valence electrons. The average molecular weight is 478 g/mol. The van der Waals surface area contributed by atoms with Gasteiger partial charge in [0.25, 0.3) is 0 Å². The second-order valence-electron chi connectivity index (χ2n) is 7.46. The van der Waals surface area contributed by atoms with Gasteiger partial charge in [-0.3, -0.25) is 0 Å². The Morgan fingerprint density at radius 2 is 1.12 bits per heavy atom. The van der Waals surface area contributed by atoms with E-state index >= 15 is 0 Å². The second-order valence-corrected chi connectivity index (χ2v) is 8.32. The molecular weight excluding hydrogens is 462 g/mol. The van der Waals surface area contributed by atoms with Gasteiger partial charge in [0.1, 0.15) is 11.2 Å². The highest BCUT2D eigenvalue weighted by atomic mass is 79.9. The molecule has 0 saturated heterocycles. The van der Waals surface area contributed by atoms with Gasteiger partial charge in [0.2, 0.25) is 0 Å². The Bertz CT molecular complexity index is 1520. The summed E-state index contributed by atoms with van der Waals surface area (Å²) in [7, 11) is 0. The number of hydrogen-bond acceptors (Lipinski definition) is 4. The Morgan fingerprint density at radius 1 is 0.531 bits per heavy atom. The van der Waals surface area contributed by atoms with E-state index in [0.29, 0.717) is 17.5 Å². The van der Waals surface area contributed by atoms with Crippen molar-refractivity contribution in [3.05, 3.63) is 102 Å². The largest absolute Gasteiger partial charge is 0.456 e. The summed E-state index contributed by atoms with van der Waals surface area (Å²) in [5.41, 5.74) is 4.48. The van der Waals surface area contributed by atoms with Crippen molar-refractivity contribution in [1.82, 2.24) is 15.0 Å². The molecule has 0 N–H and O–H groups in total. The number of rotatable bonds is 3. The highest BCUT2D eigenvalue weighted by Gasteiger charge is 2.15. The first kappa shape index (κ1) is 18.9. The first-order chi connectivity index (χ1) is 15.8. The molecule has 0 aliphatic carbocycles. The fraction of sp³-hybridized carbons (Fsp3) is 0. The van der Waals surface area contributed by atoms with Crippen LogP contribution in [0.25, 0.3) is 56.1 Å². The summed E-state index contributed by atoms with van der Waals surface area (Å²) in [5, 5.41) is 2.07. The van der Waals surface area contributed by atoms with E-state index in [-0.39, 0.29) is 0 Å². The van der Waals surface area contributed by atoms with Gasteiger partial charge in [0.15, 0.2) is 17.5 Å². The third kappa shape index (κ3) is 3.27. The van der Waals surface area contributed by atoms with Crippen molar-refractivity contribution in [1.29, 1.82) is 0 Å². The fourth-order valence-corrected chi connectivity index (χ4v) is 4.42. The van der Waals surface area contributed by atoms with E-state index in [0.717, 1.165) is 43.1 Å². The van der Waals surface area contributed by atoms with Crippen LogP contribution in [0.3, 0.4) is 0 Å². The van der Waals surface area contributed by atoms with Gasteiger partial charge < -0.3 is 4.42 Å². The SMILES string of the molecule is Brc1cccc2oc3ccc(-c4nc(-c5ccccc5)nc(-c5ccccc5)n4)cc3c12. The third-order valence-corrected chi connectivity index (χ3v) is 6.06. The molecule has 5 heteroatoms. The van der Waals surface area contributed by atoms with E-state index in [1.165, 1.54) is 0 Å². The van der Waals surface area contributed by atoms with Crippen LogP contribution in [0.1, 0.15) is 0 Å². The average Bonchev–Trinajstić information content (AvgIpc) is 3.24. The number of furan rings is 1. The topological polar surface area (TPSA) is 51.8 Å². The predicted octanol–water partition coefficient (Wildman–Crippen LogP) is 7.53. The van der Waals surface area contributed by atoms with Crippen LogP contribution in [0.4, 0.5) is 0 Å². The predicted molar refractivity (Wildman–Crippen MR) is 131 cm³/mol. The Hall–Kier alpha value is -3.83. The summed E-state index contributed by atoms with van der Waals surface area (Å²) in [6, 6.07) is 32.0. The third-order valence-electron chi connectivity index (χ3n) is 5.40. The van der Waals surface area contributed by atoms with Crippen LogP contribution in [0, 0.1) is 0 Å². The molecule has 0 unspecified atom stereocenters. The number of hydrogen-bond donors (Lipinski definition) is 0. The molecule has 0 saturated carbocycles. The van der Waals surface area contributed by atoms with E-state index in [1.807, 2.05) is 91.0 Å². The number of aromatic nitrogens is 3. The van der Waals surface area contributed by atoms with Crippen molar-refractivity contribution in [2.24, 2.45) is 0 Å². The van der Waals surface area contributed by atoms with Crippen molar-refractivity contribution in [2.75, 3.05) is 0 Å². The molecule has 6 aromatic rings. The van der Waals surface area contributed by atoms with E-state index in [1.54, 1.807) is 0 Å². The van der Waals surface area contributed by atoms with Gasteiger partial charge in [-0.15, -0.1) is 0 Å². The zero-order valence-corrected chi connectivity index (χ0v) is 18.5. The van der Waals surface area contributed by atoms with Crippen molar-refractivity contribution < 1.29 is 4.42 Å². The minimum Gasteiger partial charge on any atom is -0.456 e. The van der Waals surface area contributed by atoms with E-state index in [9.17, 15) is 0 Å². The first-order valence-electron chi connectivity index (χ1n) is 10.2. The summed E-state index contributed by atoms with van der Waals surface area (Å²) < 4.78 is 7.02. The highest BCUT2D eigenvalue weighted by Crippen LogP contribution is 2.36. The first-order valence-corrected chi connectivity index (χ1v) is 11.0. The van der Waals surface area contributed by atoms with Gasteiger partial charge in [-0.05, 0) is 30.3 Å². The maximum Gasteiger partial charge on any atom is 0.164 e. The maximum atomic E-state index is 6.03. The fourth-order valence-electron chi connectivity index (χ4n) is 3.86. The van der Waals surface area contributed by atoms with Gasteiger partial charge in [-0.25, -0.2) is 15.0 Å². The van der Waals surface area contributed by atoms with Crippen molar-refractivity contribution >= 4 is 37.9 Å². The summed E-state index contributed by atoms with van der Waals surface area (Å²) in [5.74, 6) is 1.92. The second kappa shape index (κ2) is 7.70. The lowest BCUT2D eigenvalue weighted by Gasteiger charge is -2.08. The van der Waals surface area contributed by atoms with Gasteiger partial charge in [-0.2, -0.15) is 0 Å². The Labute approximate surface area is 192 Å². The molecule has 0 atom stereocenters. The lowest BCUT2D eigenvalue weighted by molar-refractivity contribution is 0.669. The minimum absolute atomic E-state index is 0.626. The van der Waals surface area contributed by atoms with Crippen LogP contribution in [0.5, 0.6) is 0 Å². The molecule has 0 amide bonds. The van der Waals surface area contributed by atoms with Gasteiger partial charge in [0, 0.05) is 31.9 Å². The Morgan fingerprint density at radius 3 is 1.75 bits per heavy atom. The van der Waals surface area contributed by atoms with Crippen LogP contribution < -0.4 is 0 Å². The quantitative estimate of drug-likeness (QED) is 0.264. The molecule has 0 spiro atoms. The van der Waals surface area contributed by atoms with Crippen LogP contribution >= 0.6 is 15.9 Å². The lowest BCUT2D eigenvalue weighted by atomic mass is 10.1. The molecule has 32 heavy (non-hydrogen) atoms. The van der Waals surface area contributed by atoms with Gasteiger partial charge >= 0.3 is 0 Å². The molecule has 0 aliphatic heterocycles. The molecule has 0 radical (unpaired) electrons. The number of halogens is 1. The summed E-state index contributed by atoms with van der Waals surface area (Å²) in [4.78, 5) is 14.4. The van der Waals surface area contributed by atoms with Crippen LogP contribution in [0.15, 0.2) is 106 Å². The summed E-state index contributed by atoms with van der Waals surface area (Å²) in [6.45, 7) is 0. The molecule has 0 bridgehead atoms. The summed E-state index contributed by atoms with van der Waals surface area (Å²) >= 11 is 3.66. The summed E-state index contributed by atoms with van der Waals surface area (Å²) in [6.07, 6.45) is 0. The van der Waals surface area contributed by atoms with Gasteiger partial charge in [0.05, 0.1) is 0 Å². The highest BCUT2D eigenvalue weighted by molar-refractivity contribution is 9.10. The minimum atomic E-state index is 0.626. The van der Waals surface area contributed by atoms with E-state index in [2.05, 4.69) is 22.0 Å². The molecule has 4 aromatic carbocycles. The molecule has 0 aliphatic rings. The Kier molecular flexibility index (Phi) is 4.55. The molecular formula is C27H16BrN3O. The smallest absolute Gasteiger partial charge is 0.164 e.